The first-order valence-corrected chi connectivity index (χ1v) is 9.11. The molecular formula is C24H25NO2. The largest absolute Gasteiger partial charge is 0.497 e. The molecule has 3 aromatic carbocycles. The van der Waals surface area contributed by atoms with Crippen LogP contribution in [0.5, 0.6) is 5.75 Å². The quantitative estimate of drug-likeness (QED) is 0.689. The average molecular weight is 359 g/mol. The molecule has 0 saturated carbocycles. The first-order valence-electron chi connectivity index (χ1n) is 9.11. The van der Waals surface area contributed by atoms with E-state index in [9.17, 15) is 4.79 Å². The van der Waals surface area contributed by atoms with Crippen molar-refractivity contribution in [1.29, 1.82) is 0 Å². The highest BCUT2D eigenvalue weighted by atomic mass is 16.5. The van der Waals surface area contributed by atoms with Gasteiger partial charge in [0.1, 0.15) is 5.75 Å². The number of methoxy groups -OCH3 is 1. The van der Waals surface area contributed by atoms with Gasteiger partial charge in [0.05, 0.1) is 19.6 Å². The number of carbonyl (C=O) groups excluding carboxylic acids is 1. The van der Waals surface area contributed by atoms with Crippen molar-refractivity contribution < 1.29 is 9.53 Å². The fourth-order valence-corrected chi connectivity index (χ4v) is 3.13. The summed E-state index contributed by atoms with van der Waals surface area (Å²) in [5.41, 5.74) is 5.55. The molecule has 0 fully saturated rings. The van der Waals surface area contributed by atoms with E-state index in [0.29, 0.717) is 6.42 Å². The standard InChI is InChI=1S/C24H25NO2/c1-17-12-13-21(14-18(17)2)24(20-9-5-4-6-10-20)25-23(26)16-19-8-7-11-22(15-19)27-3/h4-15,24H,16H2,1-3H3,(H,25,26). The molecule has 0 saturated heterocycles. The Bertz CT molecular complexity index is 919. The topological polar surface area (TPSA) is 38.3 Å². The van der Waals surface area contributed by atoms with E-state index >= 15 is 0 Å². The molecule has 3 rings (SSSR count). The Morgan fingerprint density at radius 2 is 1.67 bits per heavy atom. The van der Waals surface area contributed by atoms with Crippen LogP contribution in [-0.4, -0.2) is 13.0 Å². The summed E-state index contributed by atoms with van der Waals surface area (Å²) in [6.07, 6.45) is 0.311. The van der Waals surface area contributed by atoms with Crippen molar-refractivity contribution in [2.45, 2.75) is 26.3 Å². The number of rotatable bonds is 6. The molecule has 3 heteroatoms. The van der Waals surface area contributed by atoms with E-state index in [0.717, 1.165) is 22.4 Å². The molecule has 0 bridgehead atoms. The summed E-state index contributed by atoms with van der Waals surface area (Å²) >= 11 is 0. The van der Waals surface area contributed by atoms with Crippen LogP contribution in [0.4, 0.5) is 0 Å². The smallest absolute Gasteiger partial charge is 0.225 e. The number of benzene rings is 3. The zero-order valence-electron chi connectivity index (χ0n) is 16.0. The normalized spacial score (nSPS) is 11.7. The van der Waals surface area contributed by atoms with Crippen LogP contribution in [0.25, 0.3) is 0 Å². The molecule has 1 N–H and O–H groups in total. The second kappa shape index (κ2) is 8.54. The Morgan fingerprint density at radius 3 is 2.37 bits per heavy atom. The molecule has 3 aromatic rings. The molecule has 0 heterocycles. The minimum atomic E-state index is -0.177. The van der Waals surface area contributed by atoms with Gasteiger partial charge in [0, 0.05) is 0 Å². The lowest BCUT2D eigenvalue weighted by Crippen LogP contribution is -2.30. The van der Waals surface area contributed by atoms with Crippen molar-refractivity contribution in [3.63, 3.8) is 0 Å². The van der Waals surface area contributed by atoms with E-state index < -0.39 is 0 Å². The molecule has 0 aromatic heterocycles. The van der Waals surface area contributed by atoms with Gasteiger partial charge in [-0.25, -0.2) is 0 Å². The van der Waals surface area contributed by atoms with Crippen LogP contribution in [0.15, 0.2) is 72.8 Å². The highest BCUT2D eigenvalue weighted by Gasteiger charge is 2.17. The first-order chi connectivity index (χ1) is 13.1. The van der Waals surface area contributed by atoms with Crippen LogP contribution in [0.2, 0.25) is 0 Å². The van der Waals surface area contributed by atoms with Crippen molar-refractivity contribution in [3.8, 4) is 5.75 Å². The Morgan fingerprint density at radius 1 is 0.889 bits per heavy atom. The fraction of sp³-hybridized carbons (Fsp3) is 0.208. The monoisotopic (exact) mass is 359 g/mol. The molecule has 27 heavy (non-hydrogen) atoms. The third kappa shape index (κ3) is 4.76. The molecule has 0 spiro atoms. The van der Waals surface area contributed by atoms with Gasteiger partial charge in [-0.2, -0.15) is 0 Å². The third-order valence-electron chi connectivity index (χ3n) is 4.80. The van der Waals surface area contributed by atoms with E-state index in [4.69, 9.17) is 4.74 Å². The number of amides is 1. The third-order valence-corrected chi connectivity index (χ3v) is 4.80. The van der Waals surface area contributed by atoms with E-state index in [1.54, 1.807) is 7.11 Å². The number of carbonyl (C=O) groups is 1. The summed E-state index contributed by atoms with van der Waals surface area (Å²) in [6.45, 7) is 4.19. The summed E-state index contributed by atoms with van der Waals surface area (Å²) in [5.74, 6) is 0.740. The maximum absolute atomic E-state index is 12.8. The predicted octanol–water partition coefficient (Wildman–Crippen LogP) is 4.76. The lowest BCUT2D eigenvalue weighted by molar-refractivity contribution is -0.120. The minimum absolute atomic E-state index is 0.0182. The van der Waals surface area contributed by atoms with Crippen LogP contribution in [0, 0.1) is 13.8 Å². The van der Waals surface area contributed by atoms with Crippen LogP contribution in [0.3, 0.4) is 0 Å². The summed E-state index contributed by atoms with van der Waals surface area (Å²) < 4.78 is 5.25. The van der Waals surface area contributed by atoms with Crippen molar-refractivity contribution in [2.24, 2.45) is 0 Å². The Hall–Kier alpha value is -3.07. The summed E-state index contributed by atoms with van der Waals surface area (Å²) in [5, 5.41) is 3.20. The van der Waals surface area contributed by atoms with Crippen LogP contribution in [0.1, 0.15) is 33.9 Å². The second-order valence-corrected chi connectivity index (χ2v) is 6.78. The van der Waals surface area contributed by atoms with Crippen LogP contribution >= 0.6 is 0 Å². The molecule has 3 nitrogen and oxygen atoms in total. The molecule has 138 valence electrons. The molecule has 0 aliphatic rings. The van der Waals surface area contributed by atoms with Gasteiger partial charge >= 0.3 is 0 Å². The molecule has 0 aliphatic carbocycles. The fourth-order valence-electron chi connectivity index (χ4n) is 3.13. The Balaban J connectivity index is 1.84. The number of hydrogen-bond donors (Lipinski definition) is 1. The Kier molecular flexibility index (Phi) is 5.92. The summed E-state index contributed by atoms with van der Waals surface area (Å²) in [7, 11) is 1.63. The minimum Gasteiger partial charge on any atom is -0.497 e. The zero-order valence-corrected chi connectivity index (χ0v) is 16.0. The Labute approximate surface area is 161 Å². The highest BCUT2D eigenvalue weighted by molar-refractivity contribution is 5.79. The van der Waals surface area contributed by atoms with E-state index in [1.807, 2.05) is 54.6 Å². The first kappa shape index (κ1) is 18.7. The molecule has 1 unspecified atom stereocenters. The average Bonchev–Trinajstić information content (AvgIpc) is 2.69. The van der Waals surface area contributed by atoms with Crippen molar-refractivity contribution in [3.05, 3.63) is 101 Å². The van der Waals surface area contributed by atoms with Gasteiger partial charge in [-0.1, -0.05) is 60.7 Å². The maximum Gasteiger partial charge on any atom is 0.225 e. The van der Waals surface area contributed by atoms with Crippen molar-refractivity contribution in [2.75, 3.05) is 7.11 Å². The van der Waals surface area contributed by atoms with Gasteiger partial charge < -0.3 is 10.1 Å². The van der Waals surface area contributed by atoms with E-state index in [-0.39, 0.29) is 11.9 Å². The zero-order chi connectivity index (χ0) is 19.2. The molecule has 0 radical (unpaired) electrons. The van der Waals surface area contributed by atoms with Gasteiger partial charge in [-0.3, -0.25) is 4.79 Å². The molecule has 0 aliphatic heterocycles. The van der Waals surface area contributed by atoms with Crippen molar-refractivity contribution in [1.82, 2.24) is 5.32 Å². The maximum atomic E-state index is 12.8. The number of aryl methyl sites for hydroxylation is 2. The number of nitrogens with one attached hydrogen (secondary N) is 1. The van der Waals surface area contributed by atoms with E-state index in [1.165, 1.54) is 11.1 Å². The highest BCUT2D eigenvalue weighted by Crippen LogP contribution is 2.24. The van der Waals surface area contributed by atoms with Gasteiger partial charge in [0.25, 0.3) is 0 Å². The van der Waals surface area contributed by atoms with Gasteiger partial charge in [0.15, 0.2) is 0 Å². The van der Waals surface area contributed by atoms with Gasteiger partial charge in [-0.15, -0.1) is 0 Å². The molecule has 1 amide bonds. The SMILES string of the molecule is COc1cccc(CC(=O)NC(c2ccccc2)c2ccc(C)c(C)c2)c1. The van der Waals surface area contributed by atoms with E-state index in [2.05, 4.69) is 37.4 Å². The van der Waals surface area contributed by atoms with Crippen LogP contribution in [-0.2, 0) is 11.2 Å². The van der Waals surface area contributed by atoms with Gasteiger partial charge in [-0.05, 0) is 53.8 Å². The van der Waals surface area contributed by atoms with Gasteiger partial charge in [0.2, 0.25) is 5.91 Å². The van der Waals surface area contributed by atoms with Crippen LogP contribution < -0.4 is 10.1 Å². The number of ether oxygens (including phenoxy) is 1. The number of hydrogen-bond acceptors (Lipinski definition) is 2. The summed E-state index contributed by atoms with van der Waals surface area (Å²) in [6, 6.07) is 23.9. The lowest BCUT2D eigenvalue weighted by atomic mass is 9.95. The second-order valence-electron chi connectivity index (χ2n) is 6.78. The predicted molar refractivity (Wildman–Crippen MR) is 109 cm³/mol. The van der Waals surface area contributed by atoms with Crippen molar-refractivity contribution >= 4 is 5.91 Å². The lowest BCUT2D eigenvalue weighted by Gasteiger charge is -2.21. The molecule has 1 atom stereocenters. The summed E-state index contributed by atoms with van der Waals surface area (Å²) in [4.78, 5) is 12.8. The molecular weight excluding hydrogens is 334 g/mol.